The number of methoxy groups -OCH3 is 2. The maximum Gasteiger partial charge on any atom is 0.329 e. The number of rotatable bonds is 11. The van der Waals surface area contributed by atoms with Gasteiger partial charge < -0.3 is 20.1 Å². The van der Waals surface area contributed by atoms with Crippen LogP contribution in [0.25, 0.3) is 0 Å². The largest absolute Gasteiger partial charge is 0.469 e. The Labute approximate surface area is 206 Å². The Balaban J connectivity index is 2.40. The molecule has 0 heterocycles. The van der Waals surface area contributed by atoms with Crippen LogP contribution < -0.4 is 10.6 Å². The molecule has 0 radical (unpaired) electrons. The van der Waals surface area contributed by atoms with Gasteiger partial charge in [0.15, 0.2) is 0 Å². The second-order valence-electron chi connectivity index (χ2n) is 7.83. The minimum atomic E-state index is -1.41. The molecule has 11 nitrogen and oxygen atoms in total. The Hall–Kier alpha value is -4.35. The lowest BCUT2D eigenvalue weighted by Gasteiger charge is -2.28. The van der Waals surface area contributed by atoms with E-state index in [4.69, 9.17) is 9.47 Å². The number of nitrogens with zero attached hydrogens (tertiary/aromatic N) is 1. The second-order valence-corrected chi connectivity index (χ2v) is 7.83. The van der Waals surface area contributed by atoms with Crippen molar-refractivity contribution < 1.29 is 38.0 Å². The number of halogens is 1. The number of hydrogen-bond acceptors (Lipinski definition) is 8. The Morgan fingerprint density at radius 3 is 2.08 bits per heavy atom. The van der Waals surface area contributed by atoms with E-state index >= 15 is 0 Å². The van der Waals surface area contributed by atoms with Gasteiger partial charge in [0.2, 0.25) is 11.8 Å². The molecule has 2 rings (SSSR count). The SMILES string of the molecule is COC(=O)C[C@@H](c1ccc([N+](=O)[O-])cc1)[C@@H](NC(=O)[C@H](Cc1ccc(F)cc1)NC(C)=O)C(=O)OC. The second kappa shape index (κ2) is 12.9. The third-order valence-corrected chi connectivity index (χ3v) is 5.35. The normalized spacial score (nSPS) is 13.0. The van der Waals surface area contributed by atoms with Crippen molar-refractivity contribution >= 4 is 29.4 Å². The summed E-state index contributed by atoms with van der Waals surface area (Å²) in [7, 11) is 2.24. The average molecular weight is 503 g/mol. The first-order valence-corrected chi connectivity index (χ1v) is 10.8. The zero-order chi connectivity index (χ0) is 26.8. The fourth-order valence-corrected chi connectivity index (χ4v) is 3.55. The van der Waals surface area contributed by atoms with Crippen LogP contribution in [0.2, 0.25) is 0 Å². The van der Waals surface area contributed by atoms with Crippen LogP contribution in [0.1, 0.15) is 30.4 Å². The van der Waals surface area contributed by atoms with Gasteiger partial charge in [0.1, 0.15) is 17.9 Å². The number of nitrogens with one attached hydrogen (secondary N) is 2. The van der Waals surface area contributed by atoms with Crippen LogP contribution >= 0.6 is 0 Å². The van der Waals surface area contributed by atoms with Gasteiger partial charge in [0.25, 0.3) is 5.69 Å². The first-order chi connectivity index (χ1) is 17.0. The zero-order valence-electron chi connectivity index (χ0n) is 19.9. The first-order valence-electron chi connectivity index (χ1n) is 10.8. The maximum atomic E-state index is 13.3. The highest BCUT2D eigenvalue weighted by atomic mass is 19.1. The molecule has 0 aliphatic carbocycles. The Bertz CT molecular complexity index is 1110. The average Bonchev–Trinajstić information content (AvgIpc) is 2.86. The van der Waals surface area contributed by atoms with Gasteiger partial charge in [-0.15, -0.1) is 0 Å². The van der Waals surface area contributed by atoms with Gasteiger partial charge >= 0.3 is 11.9 Å². The predicted molar refractivity (Wildman–Crippen MR) is 124 cm³/mol. The summed E-state index contributed by atoms with van der Waals surface area (Å²) in [6, 6.07) is 7.87. The molecule has 0 aliphatic rings. The number of ether oxygens (including phenoxy) is 2. The number of hydrogen-bond donors (Lipinski definition) is 2. The van der Waals surface area contributed by atoms with Gasteiger partial charge in [0, 0.05) is 31.4 Å². The molecule has 0 spiro atoms. The Morgan fingerprint density at radius 1 is 0.972 bits per heavy atom. The van der Waals surface area contributed by atoms with Crippen LogP contribution in [0.15, 0.2) is 48.5 Å². The van der Waals surface area contributed by atoms with Crippen molar-refractivity contribution in [3.05, 3.63) is 75.6 Å². The molecule has 2 amide bonds. The van der Waals surface area contributed by atoms with Gasteiger partial charge in [-0.3, -0.25) is 24.5 Å². The molecule has 2 aromatic rings. The van der Waals surface area contributed by atoms with Crippen molar-refractivity contribution in [3.8, 4) is 0 Å². The van der Waals surface area contributed by atoms with Gasteiger partial charge in [-0.2, -0.15) is 0 Å². The van der Waals surface area contributed by atoms with Crippen molar-refractivity contribution in [2.75, 3.05) is 14.2 Å². The van der Waals surface area contributed by atoms with Crippen molar-refractivity contribution in [1.29, 1.82) is 0 Å². The van der Waals surface area contributed by atoms with E-state index in [0.717, 1.165) is 14.2 Å². The van der Waals surface area contributed by atoms with Crippen molar-refractivity contribution in [3.63, 3.8) is 0 Å². The van der Waals surface area contributed by atoms with Crippen LogP contribution in [-0.2, 0) is 35.1 Å². The van der Waals surface area contributed by atoms with Gasteiger partial charge in [-0.1, -0.05) is 24.3 Å². The van der Waals surface area contributed by atoms with Crippen molar-refractivity contribution in [1.82, 2.24) is 10.6 Å². The molecule has 0 saturated carbocycles. The van der Waals surface area contributed by atoms with E-state index in [1.54, 1.807) is 0 Å². The molecular weight excluding hydrogens is 477 g/mol. The monoisotopic (exact) mass is 503 g/mol. The van der Waals surface area contributed by atoms with E-state index in [1.807, 2.05) is 0 Å². The lowest BCUT2D eigenvalue weighted by atomic mass is 9.87. The predicted octanol–water partition coefficient (Wildman–Crippen LogP) is 1.79. The lowest BCUT2D eigenvalue weighted by molar-refractivity contribution is -0.384. The summed E-state index contributed by atoms with van der Waals surface area (Å²) in [6.45, 7) is 1.21. The molecule has 2 N–H and O–H groups in total. The third kappa shape index (κ3) is 7.86. The summed E-state index contributed by atoms with van der Waals surface area (Å²) in [5.74, 6) is -4.36. The summed E-state index contributed by atoms with van der Waals surface area (Å²) < 4.78 is 22.8. The number of benzene rings is 2. The fourth-order valence-electron chi connectivity index (χ4n) is 3.55. The topological polar surface area (TPSA) is 154 Å². The van der Waals surface area contributed by atoms with Crippen molar-refractivity contribution in [2.24, 2.45) is 0 Å². The number of nitro benzene ring substituents is 1. The molecule has 12 heteroatoms. The highest BCUT2D eigenvalue weighted by Gasteiger charge is 2.36. The smallest absolute Gasteiger partial charge is 0.329 e. The summed E-state index contributed by atoms with van der Waals surface area (Å²) in [5, 5.41) is 16.0. The van der Waals surface area contributed by atoms with Crippen LogP contribution in [0.4, 0.5) is 10.1 Å². The van der Waals surface area contributed by atoms with Crippen molar-refractivity contribution in [2.45, 2.75) is 37.8 Å². The zero-order valence-corrected chi connectivity index (χ0v) is 19.9. The van der Waals surface area contributed by atoms with E-state index in [1.165, 1.54) is 55.5 Å². The summed E-state index contributed by atoms with van der Waals surface area (Å²) in [4.78, 5) is 60.2. The van der Waals surface area contributed by atoms with E-state index < -0.39 is 52.5 Å². The Morgan fingerprint density at radius 2 is 1.58 bits per heavy atom. The number of amides is 2. The van der Waals surface area contributed by atoms with Crippen LogP contribution in [0.3, 0.4) is 0 Å². The summed E-state index contributed by atoms with van der Waals surface area (Å²) in [6.07, 6.45) is -0.379. The number of non-ortho nitro benzene ring substituents is 1. The molecule has 0 saturated heterocycles. The van der Waals surface area contributed by atoms with E-state index in [9.17, 15) is 33.7 Å². The van der Waals surface area contributed by atoms with Gasteiger partial charge in [-0.25, -0.2) is 9.18 Å². The first kappa shape index (κ1) is 27.9. The minimum Gasteiger partial charge on any atom is -0.469 e. The fraction of sp³-hybridized carbons (Fsp3) is 0.333. The summed E-state index contributed by atoms with van der Waals surface area (Å²) in [5.41, 5.74) is 0.664. The minimum absolute atomic E-state index is 0.0151. The van der Waals surface area contributed by atoms with Crippen LogP contribution in [0, 0.1) is 15.9 Å². The third-order valence-electron chi connectivity index (χ3n) is 5.35. The van der Waals surface area contributed by atoms with E-state index in [2.05, 4.69) is 10.6 Å². The number of carbonyl (C=O) groups is 4. The molecule has 36 heavy (non-hydrogen) atoms. The maximum absolute atomic E-state index is 13.3. The number of carbonyl (C=O) groups excluding carboxylic acids is 4. The highest BCUT2D eigenvalue weighted by molar-refractivity contribution is 5.91. The molecule has 2 aromatic carbocycles. The highest BCUT2D eigenvalue weighted by Crippen LogP contribution is 2.27. The van der Waals surface area contributed by atoms with Gasteiger partial charge in [0.05, 0.1) is 25.6 Å². The number of nitro groups is 1. The molecule has 0 fully saturated rings. The quantitative estimate of drug-likeness (QED) is 0.267. The molecule has 0 aromatic heterocycles. The number of esters is 2. The standard InChI is InChI=1S/C24H26FN3O8/c1-14(29)26-20(12-15-4-8-17(25)9-5-15)23(31)27-22(24(32)36-3)19(13-21(30)35-2)16-6-10-18(11-7-16)28(33)34/h4-11,19-20,22H,12-13H2,1-3H3,(H,26,29)(H,27,31)/t19-,20-,22+/m0/s1. The molecule has 0 unspecified atom stereocenters. The molecule has 0 bridgehead atoms. The van der Waals surface area contributed by atoms with E-state index in [-0.39, 0.29) is 18.5 Å². The van der Waals surface area contributed by atoms with Gasteiger partial charge in [-0.05, 0) is 23.3 Å². The van der Waals surface area contributed by atoms with Crippen LogP contribution in [0.5, 0.6) is 0 Å². The lowest BCUT2D eigenvalue weighted by Crippen LogP contribution is -2.54. The molecule has 3 atom stereocenters. The molecule has 192 valence electrons. The molecule has 0 aliphatic heterocycles. The van der Waals surface area contributed by atoms with Crippen LogP contribution in [-0.4, -0.2) is 55.0 Å². The molecular formula is C24H26FN3O8. The summed E-state index contributed by atoms with van der Waals surface area (Å²) >= 11 is 0. The van der Waals surface area contributed by atoms with E-state index in [0.29, 0.717) is 11.1 Å². The Kier molecular flexibility index (Phi) is 10.0.